The van der Waals surface area contributed by atoms with Crippen molar-refractivity contribution in [1.29, 1.82) is 0 Å². The lowest BCUT2D eigenvalue weighted by Gasteiger charge is -2.04. The van der Waals surface area contributed by atoms with E-state index < -0.39 is 5.97 Å². The first-order valence-corrected chi connectivity index (χ1v) is 10.2. The van der Waals surface area contributed by atoms with E-state index in [1.165, 1.54) is 51.4 Å². The van der Waals surface area contributed by atoms with Gasteiger partial charge in [0.25, 0.3) is 0 Å². The molecule has 1 aromatic rings. The molecule has 0 atom stereocenters. The molecule has 1 rings (SSSR count). The van der Waals surface area contributed by atoms with Gasteiger partial charge < -0.3 is 9.84 Å². The van der Waals surface area contributed by atoms with Crippen molar-refractivity contribution < 1.29 is 14.6 Å². The third-order valence-corrected chi connectivity index (χ3v) is 4.52. The average molecular weight is 361 g/mol. The molecule has 0 saturated carbocycles. The molecule has 0 aliphatic rings. The highest BCUT2D eigenvalue weighted by Gasteiger charge is 1.99. The van der Waals surface area contributed by atoms with Crippen LogP contribution in [-0.4, -0.2) is 17.7 Å². The van der Waals surface area contributed by atoms with Crippen molar-refractivity contribution in [2.24, 2.45) is 0 Å². The smallest absolute Gasteiger partial charge is 0.303 e. The predicted octanol–water partition coefficient (Wildman–Crippen LogP) is 6.31. The molecule has 0 fully saturated rings. The van der Waals surface area contributed by atoms with Crippen LogP contribution in [0.4, 0.5) is 0 Å². The summed E-state index contributed by atoms with van der Waals surface area (Å²) in [7, 11) is 0. The van der Waals surface area contributed by atoms with Gasteiger partial charge in [-0.1, -0.05) is 88.3 Å². The molecule has 0 bridgehead atoms. The first-order valence-electron chi connectivity index (χ1n) is 10.2. The van der Waals surface area contributed by atoms with Crippen molar-refractivity contribution in [1.82, 2.24) is 0 Å². The van der Waals surface area contributed by atoms with Gasteiger partial charge in [0, 0.05) is 6.42 Å². The van der Waals surface area contributed by atoms with E-state index in [1.807, 2.05) is 24.3 Å². The number of carboxylic acid groups (broad SMARTS) is 1. The highest BCUT2D eigenvalue weighted by Crippen LogP contribution is 2.10. The van der Waals surface area contributed by atoms with E-state index >= 15 is 0 Å². The van der Waals surface area contributed by atoms with Crippen LogP contribution in [0, 0.1) is 0 Å². The third kappa shape index (κ3) is 12.7. The Bertz CT molecular complexity index is 491. The highest BCUT2D eigenvalue weighted by atomic mass is 16.5. The second-order valence-corrected chi connectivity index (χ2v) is 6.96. The van der Waals surface area contributed by atoms with Gasteiger partial charge in [0.15, 0.2) is 0 Å². The zero-order valence-electron chi connectivity index (χ0n) is 16.4. The van der Waals surface area contributed by atoms with Crippen molar-refractivity contribution >= 4 is 5.97 Å². The molecule has 0 saturated heterocycles. The van der Waals surface area contributed by atoms with E-state index in [9.17, 15) is 4.79 Å². The van der Waals surface area contributed by atoms with Gasteiger partial charge in [-0.3, -0.25) is 4.79 Å². The first kappa shape index (κ1) is 22.4. The van der Waals surface area contributed by atoms with Crippen LogP contribution in [-0.2, 0) is 22.6 Å². The van der Waals surface area contributed by atoms with Crippen LogP contribution >= 0.6 is 0 Å². The number of aliphatic carboxylic acids is 1. The maximum atomic E-state index is 10.6. The Hall–Kier alpha value is -1.61. The highest BCUT2D eigenvalue weighted by molar-refractivity contribution is 5.67. The summed E-state index contributed by atoms with van der Waals surface area (Å²) in [6.07, 6.45) is 17.1. The second-order valence-electron chi connectivity index (χ2n) is 6.96. The number of benzene rings is 1. The fourth-order valence-corrected chi connectivity index (χ4v) is 2.88. The van der Waals surface area contributed by atoms with E-state index in [0.29, 0.717) is 19.6 Å². The molecule has 0 aromatic heterocycles. The Labute approximate surface area is 159 Å². The van der Waals surface area contributed by atoms with Crippen LogP contribution in [0.3, 0.4) is 0 Å². The molecule has 26 heavy (non-hydrogen) atoms. The van der Waals surface area contributed by atoms with Crippen LogP contribution in [0.2, 0.25) is 0 Å². The Morgan fingerprint density at radius 1 is 0.923 bits per heavy atom. The summed E-state index contributed by atoms with van der Waals surface area (Å²) in [5.41, 5.74) is 2.18. The summed E-state index contributed by atoms with van der Waals surface area (Å²) in [6.45, 7) is 3.51. The fraction of sp³-hybridized carbons (Fsp3) is 0.609. The molecule has 0 spiro atoms. The number of hydrogen-bond donors (Lipinski definition) is 1. The zero-order valence-corrected chi connectivity index (χ0v) is 16.4. The summed E-state index contributed by atoms with van der Waals surface area (Å²) in [4.78, 5) is 10.6. The number of aryl methyl sites for hydroxylation is 1. The minimum atomic E-state index is -0.754. The SMILES string of the molecule is CCCCCCCCCC/C=C/COCc1ccc(CCC(=O)O)cc1. The summed E-state index contributed by atoms with van der Waals surface area (Å²) in [6, 6.07) is 8.00. The van der Waals surface area contributed by atoms with Gasteiger partial charge >= 0.3 is 5.97 Å². The number of hydrogen-bond acceptors (Lipinski definition) is 2. The topological polar surface area (TPSA) is 46.5 Å². The summed E-state index contributed by atoms with van der Waals surface area (Å²) in [5.74, 6) is -0.754. The minimum absolute atomic E-state index is 0.180. The van der Waals surface area contributed by atoms with Crippen LogP contribution in [0.15, 0.2) is 36.4 Å². The van der Waals surface area contributed by atoms with Gasteiger partial charge in [-0.05, 0) is 30.4 Å². The Morgan fingerprint density at radius 2 is 1.54 bits per heavy atom. The van der Waals surface area contributed by atoms with Crippen LogP contribution in [0.5, 0.6) is 0 Å². The molecule has 146 valence electrons. The van der Waals surface area contributed by atoms with Gasteiger partial charge in [-0.15, -0.1) is 0 Å². The van der Waals surface area contributed by atoms with E-state index in [1.54, 1.807) is 0 Å². The normalized spacial score (nSPS) is 11.3. The number of allylic oxidation sites excluding steroid dienone is 1. The van der Waals surface area contributed by atoms with Crippen molar-refractivity contribution in [3.8, 4) is 0 Å². The molecular weight excluding hydrogens is 324 g/mol. The monoisotopic (exact) mass is 360 g/mol. The molecule has 0 aliphatic carbocycles. The number of ether oxygens (including phenoxy) is 1. The lowest BCUT2D eigenvalue weighted by atomic mass is 10.1. The first-order chi connectivity index (χ1) is 12.7. The van der Waals surface area contributed by atoms with Crippen LogP contribution < -0.4 is 0 Å². The van der Waals surface area contributed by atoms with Gasteiger partial charge in [-0.2, -0.15) is 0 Å². The quantitative estimate of drug-likeness (QED) is 0.278. The molecule has 1 N–H and O–H groups in total. The van der Waals surface area contributed by atoms with Crippen molar-refractivity contribution in [3.63, 3.8) is 0 Å². The Morgan fingerprint density at radius 3 is 2.19 bits per heavy atom. The number of carbonyl (C=O) groups is 1. The molecule has 0 unspecified atom stereocenters. The van der Waals surface area contributed by atoms with E-state index in [4.69, 9.17) is 9.84 Å². The molecule has 1 aromatic carbocycles. The average Bonchev–Trinajstić information content (AvgIpc) is 2.64. The zero-order chi connectivity index (χ0) is 18.9. The lowest BCUT2D eigenvalue weighted by molar-refractivity contribution is -0.136. The lowest BCUT2D eigenvalue weighted by Crippen LogP contribution is -1.98. The minimum Gasteiger partial charge on any atom is -0.481 e. The molecule has 0 aliphatic heterocycles. The Kier molecular flexibility index (Phi) is 13.5. The maximum Gasteiger partial charge on any atom is 0.303 e. The molecule has 0 radical (unpaired) electrons. The number of unbranched alkanes of at least 4 members (excludes halogenated alkanes) is 8. The van der Waals surface area contributed by atoms with Gasteiger partial charge in [0.05, 0.1) is 13.2 Å². The number of rotatable bonds is 16. The Balaban J connectivity index is 1.97. The molecular formula is C23H36O3. The van der Waals surface area contributed by atoms with Crippen LogP contribution in [0.1, 0.15) is 82.3 Å². The fourth-order valence-electron chi connectivity index (χ4n) is 2.88. The van der Waals surface area contributed by atoms with Crippen molar-refractivity contribution in [3.05, 3.63) is 47.5 Å². The molecule has 3 heteroatoms. The van der Waals surface area contributed by atoms with E-state index in [-0.39, 0.29) is 6.42 Å². The largest absolute Gasteiger partial charge is 0.481 e. The molecule has 0 amide bonds. The van der Waals surface area contributed by atoms with Crippen molar-refractivity contribution in [2.45, 2.75) is 84.2 Å². The van der Waals surface area contributed by atoms with Gasteiger partial charge in [0.1, 0.15) is 0 Å². The molecule has 3 nitrogen and oxygen atoms in total. The van der Waals surface area contributed by atoms with E-state index in [2.05, 4.69) is 19.1 Å². The third-order valence-electron chi connectivity index (χ3n) is 4.52. The van der Waals surface area contributed by atoms with E-state index in [0.717, 1.165) is 17.5 Å². The standard InChI is InChI=1S/C23H36O3/c1-2-3-4-5-6-7-8-9-10-11-12-19-26-20-22-15-13-21(14-16-22)17-18-23(24)25/h11-16H,2-10,17-20H2,1H3,(H,24,25)/b12-11+. The molecule has 0 heterocycles. The van der Waals surface area contributed by atoms with Gasteiger partial charge in [-0.25, -0.2) is 0 Å². The second kappa shape index (κ2) is 15.6. The summed E-state index contributed by atoms with van der Waals surface area (Å²) < 4.78 is 5.66. The maximum absolute atomic E-state index is 10.6. The summed E-state index contributed by atoms with van der Waals surface area (Å²) in [5, 5.41) is 8.69. The van der Waals surface area contributed by atoms with Crippen molar-refractivity contribution in [2.75, 3.05) is 6.61 Å². The predicted molar refractivity (Wildman–Crippen MR) is 108 cm³/mol. The van der Waals surface area contributed by atoms with Gasteiger partial charge in [0.2, 0.25) is 0 Å². The summed E-state index contributed by atoms with van der Waals surface area (Å²) >= 11 is 0. The van der Waals surface area contributed by atoms with Crippen LogP contribution in [0.25, 0.3) is 0 Å². The number of carboxylic acids is 1.